The van der Waals surface area contributed by atoms with Crippen molar-refractivity contribution in [2.45, 2.75) is 39.7 Å². The Kier molecular flexibility index (Phi) is 15.6. The minimum absolute atomic E-state index is 0. The molecule has 3 nitrogen and oxygen atoms in total. The van der Waals surface area contributed by atoms with Crippen molar-refractivity contribution in [3.8, 4) is 0 Å². The maximum atomic E-state index is 10.4. The van der Waals surface area contributed by atoms with E-state index in [0.717, 1.165) is 6.42 Å². The molecule has 0 heterocycles. The van der Waals surface area contributed by atoms with Crippen LogP contribution in [0.5, 0.6) is 0 Å². The van der Waals surface area contributed by atoms with E-state index in [9.17, 15) is 4.79 Å². The number of nitrogens with one attached hydrogen (secondary N) is 1. The summed E-state index contributed by atoms with van der Waals surface area (Å²) in [5.41, 5.74) is 6.17. The summed E-state index contributed by atoms with van der Waals surface area (Å²) in [4.78, 5) is 10.4. The number of esters is 1. The molecule has 77 valence electrons. The molecular formula is C9H19NO2Y-2. The molecular weight excluding hydrogens is 243 g/mol. The summed E-state index contributed by atoms with van der Waals surface area (Å²) in [7, 11) is 0. The number of hydrogen-bond acceptors (Lipinski definition) is 2. The van der Waals surface area contributed by atoms with Crippen LogP contribution in [0.2, 0.25) is 0 Å². The monoisotopic (exact) mass is 262 g/mol. The van der Waals surface area contributed by atoms with E-state index in [-0.39, 0.29) is 39.3 Å². The van der Waals surface area contributed by atoms with E-state index in [1.807, 2.05) is 6.92 Å². The Morgan fingerprint density at radius 1 is 1.46 bits per heavy atom. The van der Waals surface area contributed by atoms with Crippen molar-refractivity contribution < 1.29 is 42.2 Å². The van der Waals surface area contributed by atoms with Gasteiger partial charge in [-0.05, 0) is 27.3 Å². The average molecular weight is 262 g/mol. The summed E-state index contributed by atoms with van der Waals surface area (Å²) in [6.07, 6.45) is 1.00. The van der Waals surface area contributed by atoms with Gasteiger partial charge in [0, 0.05) is 32.7 Å². The Balaban J connectivity index is -0.000000220. The predicted molar refractivity (Wildman–Crippen MR) is 50.7 cm³/mol. The Hall–Kier alpha value is 0.534. The van der Waals surface area contributed by atoms with Crippen LogP contribution in [0.1, 0.15) is 34.1 Å². The number of hydrogen-bond donors (Lipinski definition) is 0. The molecule has 0 rings (SSSR count). The third kappa shape index (κ3) is 24.5. The van der Waals surface area contributed by atoms with E-state index in [1.54, 1.807) is 20.8 Å². The van der Waals surface area contributed by atoms with E-state index in [4.69, 9.17) is 10.5 Å². The van der Waals surface area contributed by atoms with Gasteiger partial charge in [-0.1, -0.05) is 6.92 Å². The summed E-state index contributed by atoms with van der Waals surface area (Å²) < 4.78 is 4.76. The largest absolute Gasteiger partial charge is 0.668 e. The van der Waals surface area contributed by atoms with Crippen molar-refractivity contribution in [1.29, 1.82) is 0 Å². The van der Waals surface area contributed by atoms with Crippen LogP contribution in [-0.2, 0) is 42.2 Å². The first-order valence-corrected chi connectivity index (χ1v) is 4.03. The molecule has 0 aliphatic carbocycles. The second-order valence-corrected chi connectivity index (χ2v) is 3.26. The van der Waals surface area contributed by atoms with Crippen molar-refractivity contribution in [2.75, 3.05) is 6.54 Å². The van der Waals surface area contributed by atoms with Crippen LogP contribution >= 0.6 is 0 Å². The van der Waals surface area contributed by atoms with Gasteiger partial charge in [-0.15, -0.1) is 0 Å². The van der Waals surface area contributed by atoms with Crippen LogP contribution in [0.3, 0.4) is 0 Å². The van der Waals surface area contributed by atoms with Gasteiger partial charge in [-0.25, -0.2) is 0 Å². The molecule has 1 radical (unpaired) electrons. The standard InChI is InChI=1S/C6H12NO2.C3H7.Y/c1-6(2,3)9-5(8)4-7;1-3-2;/h7H,4H2,1-3H3;1,3H2,2H3;/q2*-1;. The summed E-state index contributed by atoms with van der Waals surface area (Å²) in [5, 5.41) is 0. The second-order valence-electron chi connectivity index (χ2n) is 3.26. The molecule has 0 unspecified atom stereocenters. The van der Waals surface area contributed by atoms with Gasteiger partial charge < -0.3 is 17.4 Å². The normalized spacial score (nSPS) is 9.08. The Morgan fingerprint density at radius 3 is 1.85 bits per heavy atom. The van der Waals surface area contributed by atoms with Crippen LogP contribution in [0.25, 0.3) is 5.73 Å². The van der Waals surface area contributed by atoms with Crippen molar-refractivity contribution in [2.24, 2.45) is 0 Å². The van der Waals surface area contributed by atoms with Gasteiger partial charge in [0.1, 0.15) is 5.60 Å². The molecule has 0 saturated heterocycles. The Labute approximate surface area is 107 Å². The predicted octanol–water partition coefficient (Wildman–Crippen LogP) is 2.61. The molecule has 4 heteroatoms. The molecule has 0 bridgehead atoms. The topological polar surface area (TPSA) is 50.1 Å². The smallest absolute Gasteiger partial charge is 0.285 e. The van der Waals surface area contributed by atoms with Gasteiger partial charge in [-0.3, -0.25) is 4.79 Å². The third-order valence-electron chi connectivity index (χ3n) is 0.564. The molecule has 0 aromatic heterocycles. The molecule has 0 atom stereocenters. The minimum atomic E-state index is -0.470. The summed E-state index contributed by atoms with van der Waals surface area (Å²) >= 11 is 0. The van der Waals surface area contributed by atoms with Crippen molar-refractivity contribution in [3.05, 3.63) is 12.7 Å². The molecule has 0 aliphatic heterocycles. The number of ether oxygens (including phenoxy) is 1. The van der Waals surface area contributed by atoms with Crippen molar-refractivity contribution in [3.63, 3.8) is 0 Å². The maximum Gasteiger partial charge on any atom is 0.285 e. The maximum absolute atomic E-state index is 10.4. The van der Waals surface area contributed by atoms with Gasteiger partial charge in [0.2, 0.25) is 0 Å². The van der Waals surface area contributed by atoms with Crippen LogP contribution < -0.4 is 0 Å². The van der Waals surface area contributed by atoms with E-state index < -0.39 is 11.6 Å². The van der Waals surface area contributed by atoms with E-state index in [1.165, 1.54) is 0 Å². The van der Waals surface area contributed by atoms with Crippen LogP contribution in [0.15, 0.2) is 0 Å². The van der Waals surface area contributed by atoms with Crippen LogP contribution in [0, 0.1) is 6.92 Å². The molecule has 0 spiro atoms. The average Bonchev–Trinajstić information content (AvgIpc) is 1.86. The van der Waals surface area contributed by atoms with Crippen LogP contribution in [-0.4, -0.2) is 18.1 Å². The van der Waals surface area contributed by atoms with E-state index in [2.05, 4.69) is 6.92 Å². The zero-order valence-corrected chi connectivity index (χ0v) is 11.9. The molecule has 1 N–H and O–H groups in total. The molecule has 0 saturated carbocycles. The van der Waals surface area contributed by atoms with E-state index in [0.29, 0.717) is 0 Å². The van der Waals surface area contributed by atoms with Crippen molar-refractivity contribution >= 4 is 5.97 Å². The Bertz CT molecular complexity index is 121. The Morgan fingerprint density at radius 2 is 1.77 bits per heavy atom. The summed E-state index contributed by atoms with van der Waals surface area (Å²) in [6, 6.07) is 0. The number of carbonyl (C=O) groups excluding carboxylic acids is 1. The first kappa shape index (κ1) is 19.2. The summed E-state index contributed by atoms with van der Waals surface area (Å²) in [6.45, 7) is 10.5. The third-order valence-corrected chi connectivity index (χ3v) is 0.564. The summed E-state index contributed by atoms with van der Waals surface area (Å²) in [5.74, 6) is -0.470. The molecule has 0 aromatic carbocycles. The fraction of sp³-hybridized carbons (Fsp3) is 0.778. The number of rotatable bonds is 1. The SMILES string of the molecule is CC(C)(C)OC(=O)C[NH-].[CH2-]CC.[Y]. The molecule has 0 amide bonds. The molecule has 0 aliphatic rings. The van der Waals surface area contributed by atoms with Crippen molar-refractivity contribution in [1.82, 2.24) is 0 Å². The van der Waals surface area contributed by atoms with Crippen LogP contribution in [0.4, 0.5) is 0 Å². The minimum Gasteiger partial charge on any atom is -0.668 e. The molecule has 0 aromatic rings. The molecule has 13 heavy (non-hydrogen) atoms. The fourth-order valence-electron chi connectivity index (χ4n) is 0.378. The van der Waals surface area contributed by atoms with E-state index >= 15 is 0 Å². The van der Waals surface area contributed by atoms with Gasteiger partial charge in [-0.2, -0.15) is 6.42 Å². The van der Waals surface area contributed by atoms with Gasteiger partial charge in [0.15, 0.2) is 0 Å². The zero-order chi connectivity index (χ0) is 10.2. The fourth-order valence-corrected chi connectivity index (χ4v) is 0.378. The van der Waals surface area contributed by atoms with Gasteiger partial charge >= 0.3 is 0 Å². The number of carbonyl (C=O) groups is 1. The quantitative estimate of drug-likeness (QED) is 0.538. The molecule has 0 fully saturated rings. The van der Waals surface area contributed by atoms with Gasteiger partial charge in [0.05, 0.1) is 0 Å². The van der Waals surface area contributed by atoms with Gasteiger partial charge in [0.25, 0.3) is 5.97 Å². The second kappa shape index (κ2) is 10.6. The first-order chi connectivity index (χ1) is 5.37. The first-order valence-electron chi connectivity index (χ1n) is 4.03. The zero-order valence-electron chi connectivity index (χ0n) is 9.02.